The molecular weight excluding hydrogens is 210 g/mol. The van der Waals surface area contributed by atoms with Gasteiger partial charge >= 0.3 is 0 Å². The number of nitrogens with two attached hydrogens (primary N) is 1. The molecule has 17 heavy (non-hydrogen) atoms. The molecule has 2 rings (SSSR count). The molecule has 0 saturated carbocycles. The lowest BCUT2D eigenvalue weighted by molar-refractivity contribution is -0.0860. The summed E-state index contributed by atoms with van der Waals surface area (Å²) in [6.45, 7) is 11.2. The molecule has 0 radical (unpaired) electrons. The van der Waals surface area contributed by atoms with Crippen LogP contribution in [0, 0.1) is 26.7 Å². The minimum absolute atomic E-state index is 0.149. The minimum atomic E-state index is 0.149. The van der Waals surface area contributed by atoms with Gasteiger partial charge in [-0.05, 0) is 49.9 Å². The van der Waals surface area contributed by atoms with Crippen molar-refractivity contribution in [3.8, 4) is 0 Å². The topological polar surface area (TPSA) is 35.2 Å². The third-order valence-corrected chi connectivity index (χ3v) is 4.19. The Kier molecular flexibility index (Phi) is 3.28. The average molecular weight is 233 g/mol. The van der Waals surface area contributed by atoms with Crippen molar-refractivity contribution in [3.05, 3.63) is 34.4 Å². The van der Waals surface area contributed by atoms with Crippen molar-refractivity contribution in [1.82, 2.24) is 0 Å². The highest BCUT2D eigenvalue weighted by atomic mass is 16.5. The van der Waals surface area contributed by atoms with Gasteiger partial charge in [0.05, 0.1) is 13.2 Å². The predicted molar refractivity (Wildman–Crippen MR) is 71.4 cm³/mol. The molecule has 1 atom stereocenters. The first-order valence-electron chi connectivity index (χ1n) is 6.37. The summed E-state index contributed by atoms with van der Waals surface area (Å²) in [6, 6.07) is 4.54. The number of hydrogen-bond acceptors (Lipinski definition) is 2. The summed E-state index contributed by atoms with van der Waals surface area (Å²) in [5, 5.41) is 0. The zero-order valence-electron chi connectivity index (χ0n) is 11.3. The van der Waals surface area contributed by atoms with Gasteiger partial charge in [0.1, 0.15) is 0 Å². The van der Waals surface area contributed by atoms with E-state index in [9.17, 15) is 0 Å². The molecular formula is C15H23NO. The second kappa shape index (κ2) is 4.43. The van der Waals surface area contributed by atoms with Crippen molar-refractivity contribution >= 4 is 0 Å². The molecule has 0 aliphatic carbocycles. The first-order valence-corrected chi connectivity index (χ1v) is 6.37. The zero-order chi connectivity index (χ0) is 12.6. The summed E-state index contributed by atoms with van der Waals surface area (Å²) in [4.78, 5) is 0. The van der Waals surface area contributed by atoms with Crippen LogP contribution >= 0.6 is 0 Å². The molecule has 1 aromatic carbocycles. The number of rotatable bonds is 3. The van der Waals surface area contributed by atoms with Gasteiger partial charge in [0.25, 0.3) is 0 Å². The lowest BCUT2D eigenvalue weighted by Crippen LogP contribution is -2.54. The van der Waals surface area contributed by atoms with Crippen molar-refractivity contribution in [1.29, 1.82) is 0 Å². The van der Waals surface area contributed by atoms with Crippen molar-refractivity contribution in [2.24, 2.45) is 11.7 Å². The monoisotopic (exact) mass is 233 g/mol. The summed E-state index contributed by atoms with van der Waals surface area (Å²) in [7, 11) is 0. The van der Waals surface area contributed by atoms with E-state index < -0.39 is 0 Å². The summed E-state index contributed by atoms with van der Waals surface area (Å²) in [5.74, 6) is 0.469. The molecule has 2 heteroatoms. The van der Waals surface area contributed by atoms with Crippen molar-refractivity contribution in [3.63, 3.8) is 0 Å². The Hall–Kier alpha value is -0.860. The molecule has 0 bridgehead atoms. The van der Waals surface area contributed by atoms with E-state index in [0.717, 1.165) is 19.8 Å². The van der Waals surface area contributed by atoms with Crippen LogP contribution in [0.4, 0.5) is 0 Å². The Morgan fingerprint density at radius 2 is 1.76 bits per heavy atom. The Balaban J connectivity index is 2.51. The highest BCUT2D eigenvalue weighted by Gasteiger charge is 2.46. The summed E-state index contributed by atoms with van der Waals surface area (Å²) in [6.07, 6.45) is 0. The van der Waals surface area contributed by atoms with E-state index >= 15 is 0 Å². The van der Waals surface area contributed by atoms with E-state index in [0.29, 0.717) is 5.92 Å². The Morgan fingerprint density at radius 3 is 2.12 bits per heavy atom. The maximum Gasteiger partial charge on any atom is 0.0588 e. The molecule has 1 unspecified atom stereocenters. The van der Waals surface area contributed by atoms with Crippen LogP contribution in [-0.2, 0) is 10.2 Å². The Bertz CT molecular complexity index is 398. The third kappa shape index (κ3) is 1.90. The lowest BCUT2D eigenvalue weighted by atomic mass is 9.66. The minimum Gasteiger partial charge on any atom is -0.379 e. The molecule has 1 aliphatic heterocycles. The van der Waals surface area contributed by atoms with Crippen LogP contribution in [0.15, 0.2) is 12.1 Å². The van der Waals surface area contributed by atoms with Crippen LogP contribution in [0.3, 0.4) is 0 Å². The van der Waals surface area contributed by atoms with Crippen LogP contribution in [0.1, 0.15) is 29.2 Å². The van der Waals surface area contributed by atoms with Crippen LogP contribution in [-0.4, -0.2) is 19.8 Å². The van der Waals surface area contributed by atoms with Gasteiger partial charge < -0.3 is 10.5 Å². The number of aryl methyl sites for hydroxylation is 3. The first kappa shape index (κ1) is 12.6. The van der Waals surface area contributed by atoms with E-state index in [1.54, 1.807) is 0 Å². The first-order chi connectivity index (χ1) is 8.01. The molecule has 0 aromatic heterocycles. The maximum atomic E-state index is 5.88. The van der Waals surface area contributed by atoms with Crippen molar-refractivity contribution in [2.45, 2.75) is 33.1 Å². The maximum absolute atomic E-state index is 5.88. The fourth-order valence-corrected chi connectivity index (χ4v) is 3.19. The van der Waals surface area contributed by atoms with Gasteiger partial charge in [-0.1, -0.05) is 24.6 Å². The van der Waals surface area contributed by atoms with E-state index in [2.05, 4.69) is 39.8 Å². The fourth-order valence-electron chi connectivity index (χ4n) is 3.19. The molecule has 1 fully saturated rings. The van der Waals surface area contributed by atoms with Crippen LogP contribution in [0.2, 0.25) is 0 Å². The van der Waals surface area contributed by atoms with Crippen molar-refractivity contribution < 1.29 is 4.74 Å². The van der Waals surface area contributed by atoms with Gasteiger partial charge in [0.15, 0.2) is 0 Å². The van der Waals surface area contributed by atoms with E-state index in [-0.39, 0.29) is 5.41 Å². The average Bonchev–Trinajstić information content (AvgIpc) is 2.19. The molecule has 2 N–H and O–H groups in total. The predicted octanol–water partition coefficient (Wildman–Crippen LogP) is 2.47. The molecule has 1 saturated heterocycles. The molecule has 1 aromatic rings. The van der Waals surface area contributed by atoms with E-state index in [4.69, 9.17) is 10.5 Å². The highest BCUT2D eigenvalue weighted by molar-refractivity contribution is 5.44. The molecule has 1 aliphatic rings. The van der Waals surface area contributed by atoms with Gasteiger partial charge in [0, 0.05) is 5.41 Å². The number of hydrogen-bond donors (Lipinski definition) is 1. The van der Waals surface area contributed by atoms with Crippen molar-refractivity contribution in [2.75, 3.05) is 19.8 Å². The van der Waals surface area contributed by atoms with Gasteiger partial charge in [-0.2, -0.15) is 0 Å². The SMILES string of the molecule is Cc1cc(C)c(C2(C(C)CN)COC2)c(C)c1. The van der Waals surface area contributed by atoms with Gasteiger partial charge in [-0.3, -0.25) is 0 Å². The third-order valence-electron chi connectivity index (χ3n) is 4.19. The van der Waals surface area contributed by atoms with Crippen LogP contribution < -0.4 is 5.73 Å². The van der Waals surface area contributed by atoms with Crippen LogP contribution in [0.25, 0.3) is 0 Å². The number of ether oxygens (including phenoxy) is 1. The van der Waals surface area contributed by atoms with Gasteiger partial charge in [-0.15, -0.1) is 0 Å². The molecule has 0 spiro atoms. The highest BCUT2D eigenvalue weighted by Crippen LogP contribution is 2.42. The molecule has 2 nitrogen and oxygen atoms in total. The van der Waals surface area contributed by atoms with Crippen LogP contribution in [0.5, 0.6) is 0 Å². The van der Waals surface area contributed by atoms with Gasteiger partial charge in [0.2, 0.25) is 0 Å². The standard InChI is InChI=1S/C15H23NO/c1-10-5-11(2)14(12(3)6-10)15(8-17-9-15)13(4)7-16/h5-6,13H,7-9,16H2,1-4H3. The fraction of sp³-hybridized carbons (Fsp3) is 0.600. The normalized spacial score (nSPS) is 19.8. The van der Waals surface area contributed by atoms with E-state index in [1.807, 2.05) is 0 Å². The second-order valence-electron chi connectivity index (χ2n) is 5.56. The summed E-state index contributed by atoms with van der Waals surface area (Å²) < 4.78 is 5.50. The molecule has 0 amide bonds. The second-order valence-corrected chi connectivity index (χ2v) is 5.56. The Labute approximate surface area is 104 Å². The lowest BCUT2D eigenvalue weighted by Gasteiger charge is -2.48. The summed E-state index contributed by atoms with van der Waals surface area (Å²) >= 11 is 0. The smallest absolute Gasteiger partial charge is 0.0588 e. The number of benzene rings is 1. The molecule has 94 valence electrons. The van der Waals surface area contributed by atoms with E-state index in [1.165, 1.54) is 22.3 Å². The zero-order valence-corrected chi connectivity index (χ0v) is 11.3. The molecule has 1 heterocycles. The largest absolute Gasteiger partial charge is 0.379 e. The van der Waals surface area contributed by atoms with Gasteiger partial charge in [-0.25, -0.2) is 0 Å². The quantitative estimate of drug-likeness (QED) is 0.870. The summed E-state index contributed by atoms with van der Waals surface area (Å²) in [5.41, 5.74) is 11.6. The Morgan fingerprint density at radius 1 is 1.24 bits per heavy atom.